The minimum Gasteiger partial charge on any atom is -0.489 e. The van der Waals surface area contributed by atoms with E-state index in [-0.39, 0.29) is 0 Å². The fourth-order valence-electron chi connectivity index (χ4n) is 2.98. The van der Waals surface area contributed by atoms with Crippen molar-refractivity contribution in [2.75, 3.05) is 29.9 Å². The Morgan fingerprint density at radius 3 is 2.65 bits per heavy atom. The smallest absolute Gasteiger partial charge is 0.171 e. The molecule has 0 saturated carbocycles. The predicted molar refractivity (Wildman–Crippen MR) is 113 cm³/mol. The monoisotopic (exact) mass is 367 g/mol. The number of ether oxygens (including phenoxy) is 1. The van der Waals surface area contributed by atoms with Gasteiger partial charge in [0.1, 0.15) is 12.4 Å². The average Bonchev–Trinajstić information content (AvgIpc) is 3.20. The average molecular weight is 368 g/mol. The first kappa shape index (κ1) is 18.3. The third-order valence-electron chi connectivity index (χ3n) is 4.32. The Hall–Kier alpha value is -2.53. The molecule has 2 aromatic carbocycles. The summed E-state index contributed by atoms with van der Waals surface area (Å²) in [6.45, 7) is 7.17. The molecule has 0 aromatic heterocycles. The van der Waals surface area contributed by atoms with E-state index in [1.807, 2.05) is 24.3 Å². The number of anilines is 2. The molecule has 0 spiro atoms. The number of nitrogens with zero attached hydrogens (tertiary/aromatic N) is 1. The van der Waals surface area contributed by atoms with E-state index in [4.69, 9.17) is 17.0 Å². The van der Waals surface area contributed by atoms with Crippen LogP contribution in [0.3, 0.4) is 0 Å². The molecule has 0 unspecified atom stereocenters. The first-order valence-corrected chi connectivity index (χ1v) is 9.38. The van der Waals surface area contributed by atoms with Crippen LogP contribution in [0.1, 0.15) is 18.4 Å². The van der Waals surface area contributed by atoms with Gasteiger partial charge < -0.3 is 20.3 Å². The summed E-state index contributed by atoms with van der Waals surface area (Å²) in [7, 11) is 0. The van der Waals surface area contributed by atoms with Gasteiger partial charge in [-0.25, -0.2) is 0 Å². The molecule has 26 heavy (non-hydrogen) atoms. The van der Waals surface area contributed by atoms with Crippen LogP contribution >= 0.6 is 12.2 Å². The molecule has 0 radical (unpaired) electrons. The summed E-state index contributed by atoms with van der Waals surface area (Å²) in [6.07, 6.45) is 4.31. The second-order valence-corrected chi connectivity index (χ2v) is 6.70. The first-order chi connectivity index (χ1) is 12.7. The number of hydrogen-bond donors (Lipinski definition) is 2. The Morgan fingerprint density at radius 2 is 1.92 bits per heavy atom. The number of rotatable bonds is 7. The quantitative estimate of drug-likeness (QED) is 0.562. The van der Waals surface area contributed by atoms with Crippen LogP contribution < -0.4 is 20.3 Å². The molecule has 2 aromatic rings. The van der Waals surface area contributed by atoms with E-state index in [1.54, 1.807) is 6.08 Å². The Kier molecular flexibility index (Phi) is 6.50. The fraction of sp³-hybridized carbons (Fsp3) is 0.286. The lowest BCUT2D eigenvalue weighted by atomic mass is 10.2. The Bertz CT molecular complexity index is 739. The molecule has 1 heterocycles. The number of benzene rings is 2. The van der Waals surface area contributed by atoms with E-state index >= 15 is 0 Å². The summed E-state index contributed by atoms with van der Waals surface area (Å²) in [6, 6.07) is 16.4. The predicted octanol–water partition coefficient (Wildman–Crippen LogP) is 4.34. The van der Waals surface area contributed by atoms with Crippen LogP contribution in [0.2, 0.25) is 0 Å². The van der Waals surface area contributed by atoms with Gasteiger partial charge in [-0.05, 0) is 54.9 Å². The maximum Gasteiger partial charge on any atom is 0.171 e. The van der Waals surface area contributed by atoms with Crippen molar-refractivity contribution >= 4 is 28.7 Å². The van der Waals surface area contributed by atoms with Gasteiger partial charge in [0, 0.05) is 37.1 Å². The van der Waals surface area contributed by atoms with Crippen LogP contribution in [-0.2, 0) is 6.54 Å². The fourth-order valence-corrected chi connectivity index (χ4v) is 3.17. The van der Waals surface area contributed by atoms with Crippen LogP contribution in [0.25, 0.3) is 0 Å². The molecule has 0 aliphatic carbocycles. The van der Waals surface area contributed by atoms with Gasteiger partial charge in [-0.3, -0.25) is 0 Å². The summed E-state index contributed by atoms with van der Waals surface area (Å²) in [4.78, 5) is 2.44. The van der Waals surface area contributed by atoms with Gasteiger partial charge in [0.25, 0.3) is 0 Å². The van der Waals surface area contributed by atoms with Gasteiger partial charge in [0.15, 0.2) is 5.11 Å². The van der Waals surface area contributed by atoms with Crippen molar-refractivity contribution in [1.82, 2.24) is 5.32 Å². The molecule has 136 valence electrons. The van der Waals surface area contributed by atoms with Gasteiger partial charge in [0.05, 0.1) is 0 Å². The van der Waals surface area contributed by atoms with Crippen LogP contribution in [0.5, 0.6) is 5.75 Å². The van der Waals surface area contributed by atoms with Crippen molar-refractivity contribution in [3.05, 3.63) is 66.7 Å². The van der Waals surface area contributed by atoms with Crippen molar-refractivity contribution in [1.29, 1.82) is 0 Å². The van der Waals surface area contributed by atoms with Gasteiger partial charge in [-0.15, -0.1) is 0 Å². The standard InChI is InChI=1S/C21H25N3OS/c1-2-14-25-20-7-5-6-18(15-20)23-21(26)22-16-17-8-10-19(11-9-17)24-12-3-4-13-24/h2,5-11,15H,1,3-4,12-14,16H2,(H2,22,23,26). The summed E-state index contributed by atoms with van der Waals surface area (Å²) in [5.74, 6) is 0.787. The summed E-state index contributed by atoms with van der Waals surface area (Å²) in [5.41, 5.74) is 3.41. The second kappa shape index (κ2) is 9.25. The Labute approximate surface area is 160 Å². The lowest BCUT2D eigenvalue weighted by Crippen LogP contribution is -2.27. The number of thiocarbonyl (C=S) groups is 1. The zero-order valence-electron chi connectivity index (χ0n) is 14.9. The van der Waals surface area contributed by atoms with Gasteiger partial charge >= 0.3 is 0 Å². The Morgan fingerprint density at radius 1 is 1.15 bits per heavy atom. The Balaban J connectivity index is 1.48. The van der Waals surface area contributed by atoms with E-state index in [9.17, 15) is 0 Å². The van der Waals surface area contributed by atoms with E-state index in [0.29, 0.717) is 18.3 Å². The largest absolute Gasteiger partial charge is 0.489 e. The molecule has 3 rings (SSSR count). The van der Waals surface area contributed by atoms with Gasteiger partial charge in [-0.2, -0.15) is 0 Å². The molecule has 1 saturated heterocycles. The topological polar surface area (TPSA) is 36.5 Å². The van der Waals surface area contributed by atoms with Crippen LogP contribution in [0.15, 0.2) is 61.2 Å². The molecule has 5 heteroatoms. The normalized spacial score (nSPS) is 13.3. The lowest BCUT2D eigenvalue weighted by molar-refractivity contribution is 0.363. The maximum absolute atomic E-state index is 5.53. The van der Waals surface area contributed by atoms with Crippen molar-refractivity contribution in [2.24, 2.45) is 0 Å². The minimum absolute atomic E-state index is 0.486. The number of nitrogens with one attached hydrogen (secondary N) is 2. The van der Waals surface area contributed by atoms with Crippen molar-refractivity contribution in [2.45, 2.75) is 19.4 Å². The maximum atomic E-state index is 5.53. The van der Waals surface area contributed by atoms with E-state index in [1.165, 1.54) is 37.2 Å². The highest BCUT2D eigenvalue weighted by Crippen LogP contribution is 2.20. The van der Waals surface area contributed by atoms with E-state index in [0.717, 1.165) is 11.4 Å². The molecule has 0 bridgehead atoms. The van der Waals surface area contributed by atoms with Gasteiger partial charge in [-0.1, -0.05) is 30.9 Å². The second-order valence-electron chi connectivity index (χ2n) is 6.30. The molecule has 1 aliphatic rings. The minimum atomic E-state index is 0.486. The third-order valence-corrected chi connectivity index (χ3v) is 4.57. The van der Waals surface area contributed by atoms with Crippen LogP contribution in [0.4, 0.5) is 11.4 Å². The molecule has 4 nitrogen and oxygen atoms in total. The molecule has 0 atom stereocenters. The zero-order valence-corrected chi connectivity index (χ0v) is 15.7. The number of hydrogen-bond acceptors (Lipinski definition) is 3. The highest BCUT2D eigenvalue weighted by molar-refractivity contribution is 7.80. The van der Waals surface area contributed by atoms with Crippen molar-refractivity contribution in [3.8, 4) is 5.75 Å². The van der Waals surface area contributed by atoms with Crippen molar-refractivity contribution < 1.29 is 4.74 Å². The molecule has 1 fully saturated rings. The molecule has 0 amide bonds. The van der Waals surface area contributed by atoms with E-state index in [2.05, 4.69) is 46.4 Å². The summed E-state index contributed by atoms with van der Waals surface area (Å²) in [5, 5.41) is 7.03. The third kappa shape index (κ3) is 5.23. The molecule has 2 N–H and O–H groups in total. The molecular formula is C21H25N3OS. The molecular weight excluding hydrogens is 342 g/mol. The highest BCUT2D eigenvalue weighted by Gasteiger charge is 2.11. The first-order valence-electron chi connectivity index (χ1n) is 8.97. The lowest BCUT2D eigenvalue weighted by Gasteiger charge is -2.18. The summed E-state index contributed by atoms with van der Waals surface area (Å²) < 4.78 is 5.53. The van der Waals surface area contributed by atoms with Crippen molar-refractivity contribution in [3.63, 3.8) is 0 Å². The van der Waals surface area contributed by atoms with Crippen LogP contribution in [-0.4, -0.2) is 24.8 Å². The molecule has 1 aliphatic heterocycles. The zero-order chi connectivity index (χ0) is 18.2. The van der Waals surface area contributed by atoms with Crippen LogP contribution in [0, 0.1) is 0 Å². The highest BCUT2D eigenvalue weighted by atomic mass is 32.1. The summed E-state index contributed by atoms with van der Waals surface area (Å²) >= 11 is 5.39. The van der Waals surface area contributed by atoms with E-state index < -0.39 is 0 Å². The van der Waals surface area contributed by atoms with Gasteiger partial charge in [0.2, 0.25) is 0 Å². The SMILES string of the molecule is C=CCOc1cccc(NC(=S)NCc2ccc(N3CCCC3)cc2)c1.